The quantitative estimate of drug-likeness (QED) is 0.742. The van der Waals surface area contributed by atoms with Crippen LogP contribution in [0.15, 0.2) is 52.1 Å². The van der Waals surface area contributed by atoms with Crippen molar-refractivity contribution in [3.05, 3.63) is 53.4 Å². The average molecular weight is 420 g/mol. The number of likely N-dealkylation sites (tertiary alicyclic amines) is 1. The van der Waals surface area contributed by atoms with Gasteiger partial charge in [0.1, 0.15) is 4.21 Å². The molecule has 2 fully saturated rings. The van der Waals surface area contributed by atoms with Crippen LogP contribution in [0.3, 0.4) is 0 Å². The van der Waals surface area contributed by atoms with E-state index in [9.17, 15) is 13.2 Å². The largest absolute Gasteiger partial charge is 0.368 e. The second-order valence-corrected chi connectivity index (χ2v) is 10.7. The van der Waals surface area contributed by atoms with Gasteiger partial charge in [-0.15, -0.1) is 11.3 Å². The monoisotopic (exact) mass is 419 g/mol. The second kappa shape index (κ2) is 7.94. The summed E-state index contributed by atoms with van der Waals surface area (Å²) in [6, 6.07) is 13.3. The number of carbonyl (C=O) groups excluding carboxylic acids is 1. The SMILES string of the molecule is NC(=O)C1[C@@H]2CN(S(=O)(=O)c3cccs3)CC2CN1CCCc1ccccc1. The Morgan fingerprint density at radius 3 is 2.57 bits per heavy atom. The molecule has 3 atom stereocenters. The molecule has 150 valence electrons. The maximum atomic E-state index is 12.8. The van der Waals surface area contributed by atoms with Gasteiger partial charge in [-0.3, -0.25) is 9.69 Å². The van der Waals surface area contributed by atoms with Crippen molar-refractivity contribution >= 4 is 27.3 Å². The van der Waals surface area contributed by atoms with E-state index in [0.717, 1.165) is 25.9 Å². The number of hydrogen-bond acceptors (Lipinski definition) is 5. The van der Waals surface area contributed by atoms with Crippen LogP contribution in [0, 0.1) is 11.8 Å². The Kier molecular flexibility index (Phi) is 5.55. The smallest absolute Gasteiger partial charge is 0.252 e. The molecule has 2 N–H and O–H groups in total. The van der Waals surface area contributed by atoms with Gasteiger partial charge in [0, 0.05) is 25.6 Å². The normalized spacial score (nSPS) is 25.8. The standard InChI is InChI=1S/C20H25N3O3S2/c21-20(24)19-17-14-23(28(25,26)18-9-5-11-27-18)13-16(17)12-22(19)10-4-8-15-6-2-1-3-7-15/h1-3,5-7,9,11,16-17,19H,4,8,10,12-14H2,(H2,21,24)/t16?,17-,19?/m1/s1. The molecular weight excluding hydrogens is 394 g/mol. The third kappa shape index (κ3) is 3.74. The fraction of sp³-hybridized carbons (Fsp3) is 0.450. The van der Waals surface area contributed by atoms with Gasteiger partial charge < -0.3 is 5.73 Å². The summed E-state index contributed by atoms with van der Waals surface area (Å²) in [6.45, 7) is 2.36. The number of rotatable bonds is 7. The highest BCUT2D eigenvalue weighted by Gasteiger charge is 2.51. The van der Waals surface area contributed by atoms with E-state index in [1.807, 2.05) is 18.2 Å². The lowest BCUT2D eigenvalue weighted by Crippen LogP contribution is -2.46. The van der Waals surface area contributed by atoms with Crippen molar-refractivity contribution < 1.29 is 13.2 Å². The van der Waals surface area contributed by atoms with E-state index < -0.39 is 10.0 Å². The summed E-state index contributed by atoms with van der Waals surface area (Å²) in [6.07, 6.45) is 1.90. The lowest BCUT2D eigenvalue weighted by molar-refractivity contribution is -0.123. The Bertz CT molecular complexity index is 915. The molecule has 6 nitrogen and oxygen atoms in total. The van der Waals surface area contributed by atoms with Gasteiger partial charge in [-0.1, -0.05) is 36.4 Å². The maximum Gasteiger partial charge on any atom is 0.252 e. The highest BCUT2D eigenvalue weighted by Crippen LogP contribution is 2.39. The lowest BCUT2D eigenvalue weighted by Gasteiger charge is -2.26. The predicted molar refractivity (Wildman–Crippen MR) is 109 cm³/mol. The first-order valence-electron chi connectivity index (χ1n) is 9.58. The van der Waals surface area contributed by atoms with Gasteiger partial charge in [0.2, 0.25) is 5.91 Å². The van der Waals surface area contributed by atoms with Gasteiger partial charge in [0.15, 0.2) is 0 Å². The van der Waals surface area contributed by atoms with Gasteiger partial charge in [-0.05, 0) is 42.3 Å². The van der Waals surface area contributed by atoms with Crippen LogP contribution in [-0.4, -0.2) is 55.8 Å². The topological polar surface area (TPSA) is 83.7 Å². The summed E-state index contributed by atoms with van der Waals surface area (Å²) in [5, 5.41) is 1.77. The first kappa shape index (κ1) is 19.6. The maximum absolute atomic E-state index is 12.8. The second-order valence-electron chi connectivity index (χ2n) is 7.61. The van der Waals surface area contributed by atoms with Crippen molar-refractivity contribution in [3.63, 3.8) is 0 Å². The molecule has 0 saturated carbocycles. The summed E-state index contributed by atoms with van der Waals surface area (Å²) >= 11 is 1.23. The molecule has 0 aliphatic carbocycles. The molecule has 2 unspecified atom stereocenters. The lowest BCUT2D eigenvalue weighted by atomic mass is 9.94. The average Bonchev–Trinajstić information content (AvgIpc) is 3.38. The van der Waals surface area contributed by atoms with Crippen LogP contribution in [-0.2, 0) is 21.2 Å². The number of aryl methyl sites for hydroxylation is 1. The van der Waals surface area contributed by atoms with Crippen LogP contribution in [0.1, 0.15) is 12.0 Å². The van der Waals surface area contributed by atoms with Crippen molar-refractivity contribution in [3.8, 4) is 0 Å². The fourth-order valence-electron chi connectivity index (χ4n) is 4.58. The minimum absolute atomic E-state index is 0.0241. The number of fused-ring (bicyclic) bond motifs is 1. The molecular formula is C20H25N3O3S2. The van der Waals surface area contributed by atoms with E-state index in [1.54, 1.807) is 17.5 Å². The Morgan fingerprint density at radius 2 is 1.89 bits per heavy atom. The number of sulfonamides is 1. The molecule has 0 bridgehead atoms. The van der Waals surface area contributed by atoms with Crippen molar-refractivity contribution in [1.82, 2.24) is 9.21 Å². The first-order chi connectivity index (χ1) is 13.5. The summed E-state index contributed by atoms with van der Waals surface area (Å²) in [5.41, 5.74) is 7.01. The number of thiophene rings is 1. The summed E-state index contributed by atoms with van der Waals surface area (Å²) in [7, 11) is -3.48. The zero-order valence-corrected chi connectivity index (χ0v) is 17.2. The Balaban J connectivity index is 1.41. The Hall–Kier alpha value is -1.74. The molecule has 0 radical (unpaired) electrons. The van der Waals surface area contributed by atoms with Crippen LogP contribution >= 0.6 is 11.3 Å². The number of amides is 1. The van der Waals surface area contributed by atoms with Crippen molar-refractivity contribution in [2.24, 2.45) is 17.6 Å². The summed E-state index contributed by atoms with van der Waals surface area (Å²) in [4.78, 5) is 14.3. The minimum atomic E-state index is -3.48. The minimum Gasteiger partial charge on any atom is -0.368 e. The molecule has 4 rings (SSSR count). The predicted octanol–water partition coefficient (Wildman–Crippen LogP) is 1.79. The zero-order valence-electron chi connectivity index (χ0n) is 15.6. The van der Waals surface area contributed by atoms with Crippen molar-refractivity contribution in [1.29, 1.82) is 0 Å². The van der Waals surface area contributed by atoms with E-state index in [1.165, 1.54) is 21.2 Å². The molecule has 1 aromatic carbocycles. The van der Waals surface area contributed by atoms with Gasteiger partial charge in [0.05, 0.1) is 6.04 Å². The molecule has 2 aromatic rings. The molecule has 0 spiro atoms. The Labute approximate surface area is 170 Å². The molecule has 2 aliphatic heterocycles. The molecule has 2 saturated heterocycles. The van der Waals surface area contributed by atoms with Crippen LogP contribution < -0.4 is 5.73 Å². The van der Waals surface area contributed by atoms with E-state index in [4.69, 9.17) is 5.73 Å². The number of nitrogens with zero attached hydrogens (tertiary/aromatic N) is 2. The van der Waals surface area contributed by atoms with Gasteiger partial charge >= 0.3 is 0 Å². The highest BCUT2D eigenvalue weighted by atomic mass is 32.2. The summed E-state index contributed by atoms with van der Waals surface area (Å²) in [5.74, 6) is -0.212. The van der Waals surface area contributed by atoms with Gasteiger partial charge in [-0.2, -0.15) is 4.31 Å². The van der Waals surface area contributed by atoms with Crippen LogP contribution in [0.25, 0.3) is 0 Å². The third-order valence-electron chi connectivity index (χ3n) is 5.86. The number of nitrogens with two attached hydrogens (primary N) is 1. The number of hydrogen-bond donors (Lipinski definition) is 1. The van der Waals surface area contributed by atoms with Crippen molar-refractivity contribution in [2.75, 3.05) is 26.2 Å². The summed E-state index contributed by atoms with van der Waals surface area (Å²) < 4.78 is 27.5. The molecule has 3 heterocycles. The van der Waals surface area contributed by atoms with Gasteiger partial charge in [-0.25, -0.2) is 8.42 Å². The number of primary amides is 1. The van der Waals surface area contributed by atoms with E-state index in [2.05, 4.69) is 17.0 Å². The van der Waals surface area contributed by atoms with E-state index in [-0.39, 0.29) is 23.8 Å². The van der Waals surface area contributed by atoms with Gasteiger partial charge in [0.25, 0.3) is 10.0 Å². The highest BCUT2D eigenvalue weighted by molar-refractivity contribution is 7.91. The molecule has 8 heteroatoms. The molecule has 1 aromatic heterocycles. The fourth-order valence-corrected chi connectivity index (χ4v) is 7.26. The van der Waals surface area contributed by atoms with E-state index in [0.29, 0.717) is 17.3 Å². The first-order valence-corrected chi connectivity index (χ1v) is 11.9. The molecule has 1 amide bonds. The third-order valence-corrected chi connectivity index (χ3v) is 9.07. The van der Waals surface area contributed by atoms with Crippen LogP contribution in [0.4, 0.5) is 0 Å². The van der Waals surface area contributed by atoms with E-state index >= 15 is 0 Å². The Morgan fingerprint density at radius 1 is 1.11 bits per heavy atom. The number of carbonyl (C=O) groups is 1. The molecule has 2 aliphatic rings. The van der Waals surface area contributed by atoms with Crippen LogP contribution in [0.5, 0.6) is 0 Å². The molecule has 28 heavy (non-hydrogen) atoms. The van der Waals surface area contributed by atoms with Crippen molar-refractivity contribution in [2.45, 2.75) is 23.1 Å². The number of benzene rings is 1. The zero-order chi connectivity index (χ0) is 19.7. The van der Waals surface area contributed by atoms with Crippen LogP contribution in [0.2, 0.25) is 0 Å².